The predicted molar refractivity (Wildman–Crippen MR) is 101 cm³/mol. The van der Waals surface area contributed by atoms with Crippen LogP contribution in [-0.4, -0.2) is 15.7 Å². The van der Waals surface area contributed by atoms with Crippen LogP contribution >= 0.6 is 11.6 Å². The van der Waals surface area contributed by atoms with Crippen LogP contribution in [0.3, 0.4) is 0 Å². The van der Waals surface area contributed by atoms with Crippen molar-refractivity contribution < 1.29 is 9.53 Å². The summed E-state index contributed by atoms with van der Waals surface area (Å²) in [4.78, 5) is 12.4. The number of halogens is 1. The minimum absolute atomic E-state index is 0.137. The monoisotopic (exact) mass is 369 g/mol. The van der Waals surface area contributed by atoms with Gasteiger partial charge >= 0.3 is 0 Å². The number of amides is 1. The molecule has 5 nitrogen and oxygen atoms in total. The first-order valence-corrected chi connectivity index (χ1v) is 8.64. The summed E-state index contributed by atoms with van der Waals surface area (Å²) < 4.78 is 7.51. The molecule has 0 fully saturated rings. The van der Waals surface area contributed by atoms with Crippen molar-refractivity contribution in [3.8, 4) is 5.75 Å². The highest BCUT2D eigenvalue weighted by Gasteiger charge is 2.08. The molecular formula is C20H20ClN3O2. The van der Waals surface area contributed by atoms with E-state index < -0.39 is 0 Å². The Balaban J connectivity index is 1.58. The number of hydrogen-bond acceptors (Lipinski definition) is 3. The number of nitrogens with one attached hydrogen (secondary N) is 1. The molecule has 1 heterocycles. The lowest BCUT2D eigenvalue weighted by Gasteiger charge is -2.08. The quantitative estimate of drug-likeness (QED) is 0.717. The van der Waals surface area contributed by atoms with E-state index in [1.54, 1.807) is 22.9 Å². The van der Waals surface area contributed by atoms with Crippen LogP contribution in [0.25, 0.3) is 0 Å². The largest absolute Gasteiger partial charge is 0.489 e. The van der Waals surface area contributed by atoms with Crippen LogP contribution in [-0.2, 0) is 20.2 Å². The Morgan fingerprint density at radius 1 is 1.19 bits per heavy atom. The lowest BCUT2D eigenvalue weighted by Crippen LogP contribution is -2.23. The second kappa shape index (κ2) is 8.06. The maximum atomic E-state index is 12.4. The first-order valence-electron chi connectivity index (χ1n) is 8.26. The molecule has 0 bridgehead atoms. The summed E-state index contributed by atoms with van der Waals surface area (Å²) in [6.07, 6.45) is 0. The van der Waals surface area contributed by atoms with Crippen LogP contribution in [0.5, 0.6) is 5.75 Å². The predicted octanol–water partition coefficient (Wildman–Crippen LogP) is 3.89. The van der Waals surface area contributed by atoms with E-state index in [0.29, 0.717) is 23.7 Å². The lowest BCUT2D eigenvalue weighted by molar-refractivity contribution is 0.0950. The Bertz CT molecular complexity index is 884. The molecule has 0 spiro atoms. The number of carbonyl (C=O) groups is 1. The fraction of sp³-hybridized carbons (Fsp3) is 0.200. The Kier molecular flexibility index (Phi) is 5.58. The Morgan fingerprint density at radius 2 is 1.96 bits per heavy atom. The third kappa shape index (κ3) is 4.64. The van der Waals surface area contributed by atoms with Crippen molar-refractivity contribution in [3.05, 3.63) is 82.1 Å². The molecule has 0 atom stereocenters. The summed E-state index contributed by atoms with van der Waals surface area (Å²) in [7, 11) is 1.88. The van der Waals surface area contributed by atoms with Gasteiger partial charge in [-0.1, -0.05) is 23.7 Å². The van der Waals surface area contributed by atoms with E-state index in [2.05, 4.69) is 10.4 Å². The van der Waals surface area contributed by atoms with E-state index in [0.717, 1.165) is 22.7 Å². The van der Waals surface area contributed by atoms with Gasteiger partial charge in [0.05, 0.1) is 12.2 Å². The first kappa shape index (κ1) is 18.0. The van der Waals surface area contributed by atoms with Crippen molar-refractivity contribution in [2.45, 2.75) is 20.1 Å². The summed E-state index contributed by atoms with van der Waals surface area (Å²) in [5.41, 5.74) is 3.40. The van der Waals surface area contributed by atoms with E-state index in [1.165, 1.54) is 0 Å². The Hall–Kier alpha value is -2.79. The Morgan fingerprint density at radius 3 is 2.65 bits per heavy atom. The maximum absolute atomic E-state index is 12.4. The summed E-state index contributed by atoms with van der Waals surface area (Å²) >= 11 is 5.86. The van der Waals surface area contributed by atoms with Gasteiger partial charge in [0, 0.05) is 23.3 Å². The smallest absolute Gasteiger partial charge is 0.251 e. The summed E-state index contributed by atoms with van der Waals surface area (Å²) in [5, 5.41) is 7.89. The van der Waals surface area contributed by atoms with E-state index >= 15 is 0 Å². The number of nitrogens with zero attached hydrogens (tertiary/aromatic N) is 2. The zero-order valence-electron chi connectivity index (χ0n) is 14.7. The number of aromatic nitrogens is 2. The molecule has 26 heavy (non-hydrogen) atoms. The second-order valence-electron chi connectivity index (χ2n) is 6.03. The molecule has 2 aromatic carbocycles. The van der Waals surface area contributed by atoms with E-state index in [1.807, 2.05) is 50.4 Å². The normalized spacial score (nSPS) is 10.6. The SMILES string of the molecule is Cc1cc(CNC(=O)c2cccc(COc3ccc(Cl)cc3)c2)nn1C. The number of benzene rings is 2. The molecule has 134 valence electrons. The van der Waals surface area contributed by atoms with Crippen LogP contribution < -0.4 is 10.1 Å². The van der Waals surface area contributed by atoms with E-state index in [4.69, 9.17) is 16.3 Å². The van der Waals surface area contributed by atoms with Gasteiger partial charge in [-0.2, -0.15) is 5.10 Å². The lowest BCUT2D eigenvalue weighted by atomic mass is 10.1. The zero-order chi connectivity index (χ0) is 18.5. The van der Waals surface area contributed by atoms with Gasteiger partial charge in [-0.3, -0.25) is 9.48 Å². The van der Waals surface area contributed by atoms with Crippen molar-refractivity contribution in [2.75, 3.05) is 0 Å². The molecule has 0 radical (unpaired) electrons. The molecule has 1 amide bonds. The van der Waals surface area contributed by atoms with Crippen molar-refractivity contribution >= 4 is 17.5 Å². The van der Waals surface area contributed by atoms with Gasteiger partial charge in [0.1, 0.15) is 12.4 Å². The molecule has 1 aromatic heterocycles. The summed E-state index contributed by atoms with van der Waals surface area (Å²) in [6, 6.07) is 16.5. The molecule has 0 saturated heterocycles. The molecule has 0 aliphatic rings. The second-order valence-corrected chi connectivity index (χ2v) is 6.46. The molecule has 6 heteroatoms. The van der Waals surface area contributed by atoms with Crippen LogP contribution in [0.2, 0.25) is 5.02 Å². The fourth-order valence-corrected chi connectivity index (χ4v) is 2.62. The molecule has 0 aliphatic heterocycles. The Labute approximate surface area is 157 Å². The van der Waals surface area contributed by atoms with Crippen molar-refractivity contribution in [1.82, 2.24) is 15.1 Å². The van der Waals surface area contributed by atoms with Gasteiger partial charge < -0.3 is 10.1 Å². The highest BCUT2D eigenvalue weighted by Crippen LogP contribution is 2.17. The van der Waals surface area contributed by atoms with Gasteiger partial charge in [0.25, 0.3) is 5.91 Å². The van der Waals surface area contributed by atoms with Gasteiger partial charge in [0.15, 0.2) is 0 Å². The van der Waals surface area contributed by atoms with E-state index in [-0.39, 0.29) is 5.91 Å². The zero-order valence-corrected chi connectivity index (χ0v) is 15.5. The third-order valence-corrected chi connectivity index (χ3v) is 4.25. The summed E-state index contributed by atoms with van der Waals surface area (Å²) in [6.45, 7) is 2.75. The maximum Gasteiger partial charge on any atom is 0.251 e. The first-order chi connectivity index (χ1) is 12.5. The highest BCUT2D eigenvalue weighted by atomic mass is 35.5. The van der Waals surface area contributed by atoms with Crippen LogP contribution in [0.4, 0.5) is 0 Å². The van der Waals surface area contributed by atoms with Crippen LogP contribution in [0.1, 0.15) is 27.3 Å². The van der Waals surface area contributed by atoms with Crippen molar-refractivity contribution in [3.63, 3.8) is 0 Å². The van der Waals surface area contributed by atoms with Gasteiger partial charge in [-0.15, -0.1) is 0 Å². The number of ether oxygens (including phenoxy) is 1. The van der Waals surface area contributed by atoms with Crippen LogP contribution in [0, 0.1) is 6.92 Å². The number of hydrogen-bond donors (Lipinski definition) is 1. The third-order valence-electron chi connectivity index (χ3n) is 4.00. The van der Waals surface area contributed by atoms with Crippen molar-refractivity contribution in [1.29, 1.82) is 0 Å². The van der Waals surface area contributed by atoms with Gasteiger partial charge in [-0.05, 0) is 55.0 Å². The topological polar surface area (TPSA) is 56.1 Å². The van der Waals surface area contributed by atoms with Gasteiger partial charge in [-0.25, -0.2) is 0 Å². The van der Waals surface area contributed by atoms with Gasteiger partial charge in [0.2, 0.25) is 0 Å². The number of aryl methyl sites for hydroxylation is 2. The molecule has 0 aliphatic carbocycles. The number of carbonyl (C=O) groups excluding carboxylic acids is 1. The van der Waals surface area contributed by atoms with E-state index in [9.17, 15) is 4.79 Å². The fourth-order valence-electron chi connectivity index (χ4n) is 2.49. The molecule has 0 unspecified atom stereocenters. The van der Waals surface area contributed by atoms with Crippen molar-refractivity contribution in [2.24, 2.45) is 7.05 Å². The molecule has 0 saturated carbocycles. The minimum Gasteiger partial charge on any atom is -0.489 e. The average molecular weight is 370 g/mol. The minimum atomic E-state index is -0.137. The molecular weight excluding hydrogens is 350 g/mol. The highest BCUT2D eigenvalue weighted by molar-refractivity contribution is 6.30. The molecule has 3 rings (SSSR count). The molecule has 1 N–H and O–H groups in total. The van der Waals surface area contributed by atoms with Crippen LogP contribution in [0.15, 0.2) is 54.6 Å². The standard InChI is InChI=1S/C20H20ClN3O2/c1-14-10-18(23-24(14)2)12-22-20(25)16-5-3-4-15(11-16)13-26-19-8-6-17(21)7-9-19/h3-11H,12-13H2,1-2H3,(H,22,25). The average Bonchev–Trinajstić information content (AvgIpc) is 2.97. The summed E-state index contributed by atoms with van der Waals surface area (Å²) in [5.74, 6) is 0.594. The molecule has 3 aromatic rings. The number of rotatable bonds is 6.